The molecule has 0 radical (unpaired) electrons. The first-order valence-corrected chi connectivity index (χ1v) is 19.1. The average Bonchev–Trinajstić information content (AvgIpc) is 3.86. The summed E-state index contributed by atoms with van der Waals surface area (Å²) in [6.07, 6.45) is 2.43. The summed E-state index contributed by atoms with van der Waals surface area (Å²) >= 11 is 13.0. The second-order valence-corrected chi connectivity index (χ2v) is 18.3. The lowest BCUT2D eigenvalue weighted by molar-refractivity contribution is 0.660. The van der Waals surface area contributed by atoms with Crippen molar-refractivity contribution < 1.29 is 0 Å². The van der Waals surface area contributed by atoms with Gasteiger partial charge in [0.1, 0.15) is 0 Å². The predicted octanol–water partition coefficient (Wildman–Crippen LogP) is 13.7. The Bertz CT molecular complexity index is 2550. The molecule has 47 heavy (non-hydrogen) atoms. The first-order valence-electron chi connectivity index (χ1n) is 16.2. The van der Waals surface area contributed by atoms with Crippen molar-refractivity contribution in [2.24, 2.45) is 0 Å². The number of benzene rings is 5. The van der Waals surface area contributed by atoms with E-state index in [9.17, 15) is 0 Å². The monoisotopic (exact) mass is 722 g/mol. The molecule has 2 aromatic heterocycles. The topological polar surface area (TPSA) is 0 Å². The highest BCUT2D eigenvalue weighted by Crippen LogP contribution is 2.57. The molecule has 5 aromatic carbocycles. The van der Waals surface area contributed by atoms with Gasteiger partial charge in [-0.15, -0.1) is 22.7 Å². The third kappa shape index (κ3) is 3.76. The highest BCUT2D eigenvalue weighted by atomic mass is 79.9. The van der Waals surface area contributed by atoms with Crippen LogP contribution in [0, 0.1) is 0 Å². The van der Waals surface area contributed by atoms with Gasteiger partial charge in [0.15, 0.2) is 0 Å². The molecule has 7 aromatic rings. The first kappa shape index (κ1) is 28.6. The molecule has 1 atom stereocenters. The SMILES string of the molecule is CC1(C)c2ccccc2-c2ccc(C3=Cc4c(c5cc(-c6ccc7c(c6)C(C)(C)c6ccccc6-7)sc5c5cc(Br)sc45)C3S)cc21. The van der Waals surface area contributed by atoms with E-state index in [-0.39, 0.29) is 16.1 Å². The molecule has 10 rings (SSSR count). The summed E-state index contributed by atoms with van der Waals surface area (Å²) in [6, 6.07) is 36.8. The van der Waals surface area contributed by atoms with E-state index in [0.29, 0.717) is 0 Å². The molecule has 0 spiro atoms. The third-order valence-electron chi connectivity index (χ3n) is 11.2. The maximum absolute atomic E-state index is 5.41. The van der Waals surface area contributed by atoms with E-state index in [4.69, 9.17) is 12.6 Å². The van der Waals surface area contributed by atoms with Gasteiger partial charge in [0.25, 0.3) is 0 Å². The highest BCUT2D eigenvalue weighted by molar-refractivity contribution is 9.11. The smallest absolute Gasteiger partial charge is 0.0711 e. The highest BCUT2D eigenvalue weighted by Gasteiger charge is 2.38. The van der Waals surface area contributed by atoms with Gasteiger partial charge in [0.2, 0.25) is 0 Å². The van der Waals surface area contributed by atoms with Gasteiger partial charge in [-0.2, -0.15) is 12.6 Å². The van der Waals surface area contributed by atoms with Crippen LogP contribution in [-0.4, -0.2) is 0 Å². The number of hydrogen-bond acceptors (Lipinski definition) is 3. The van der Waals surface area contributed by atoms with Gasteiger partial charge in [-0.05, 0) is 124 Å². The Morgan fingerprint density at radius 1 is 0.596 bits per heavy atom. The summed E-state index contributed by atoms with van der Waals surface area (Å²) in [5, 5.41) is 2.67. The van der Waals surface area contributed by atoms with Crippen LogP contribution >= 0.6 is 51.2 Å². The van der Waals surface area contributed by atoms with E-state index < -0.39 is 0 Å². The molecular formula is C43H31BrS3. The van der Waals surface area contributed by atoms with Crippen LogP contribution in [0.2, 0.25) is 0 Å². The van der Waals surface area contributed by atoms with E-state index >= 15 is 0 Å². The van der Waals surface area contributed by atoms with Crippen LogP contribution in [0.25, 0.3) is 64.5 Å². The van der Waals surface area contributed by atoms with Gasteiger partial charge in [0.05, 0.1) is 9.04 Å². The Morgan fingerprint density at radius 3 is 1.83 bits per heavy atom. The third-order valence-corrected chi connectivity index (χ3v) is 14.6. The Balaban J connectivity index is 1.12. The molecule has 0 aliphatic heterocycles. The van der Waals surface area contributed by atoms with Crippen molar-refractivity contribution in [2.75, 3.05) is 0 Å². The van der Waals surface area contributed by atoms with Crippen LogP contribution in [0.3, 0.4) is 0 Å². The minimum atomic E-state index is -0.0345. The van der Waals surface area contributed by atoms with E-state index in [2.05, 4.69) is 147 Å². The molecule has 0 saturated heterocycles. The molecule has 0 N–H and O–H groups in total. The predicted molar refractivity (Wildman–Crippen MR) is 212 cm³/mol. The van der Waals surface area contributed by atoms with Gasteiger partial charge >= 0.3 is 0 Å². The Labute approximate surface area is 297 Å². The summed E-state index contributed by atoms with van der Waals surface area (Å²) in [6.45, 7) is 9.45. The van der Waals surface area contributed by atoms with Crippen LogP contribution < -0.4 is 0 Å². The van der Waals surface area contributed by atoms with Gasteiger partial charge < -0.3 is 0 Å². The summed E-state index contributed by atoms with van der Waals surface area (Å²) in [7, 11) is 0. The number of thiophene rings is 2. The lowest BCUT2D eigenvalue weighted by Crippen LogP contribution is -2.15. The van der Waals surface area contributed by atoms with Crippen LogP contribution in [-0.2, 0) is 10.8 Å². The second-order valence-electron chi connectivity index (χ2n) is 14.3. The van der Waals surface area contributed by atoms with Crippen molar-refractivity contribution in [3.05, 3.63) is 140 Å². The fraction of sp³-hybridized carbons (Fsp3) is 0.163. The Hall–Kier alpha value is -3.41. The number of hydrogen-bond donors (Lipinski definition) is 1. The lowest BCUT2D eigenvalue weighted by Gasteiger charge is -2.22. The van der Waals surface area contributed by atoms with Crippen LogP contribution in [0.15, 0.2) is 101 Å². The molecule has 3 aliphatic rings. The molecule has 1 unspecified atom stereocenters. The van der Waals surface area contributed by atoms with E-state index in [1.807, 2.05) is 22.7 Å². The molecule has 0 amide bonds. The van der Waals surface area contributed by atoms with Crippen molar-refractivity contribution in [1.82, 2.24) is 0 Å². The van der Waals surface area contributed by atoms with Gasteiger partial charge in [-0.25, -0.2) is 0 Å². The zero-order chi connectivity index (χ0) is 32.0. The zero-order valence-corrected chi connectivity index (χ0v) is 30.6. The van der Waals surface area contributed by atoms with Crippen molar-refractivity contribution in [2.45, 2.75) is 43.8 Å². The molecule has 2 heterocycles. The minimum Gasteiger partial charge on any atom is -0.166 e. The zero-order valence-electron chi connectivity index (χ0n) is 26.5. The van der Waals surface area contributed by atoms with Crippen LogP contribution in [0.5, 0.6) is 0 Å². The van der Waals surface area contributed by atoms with Gasteiger partial charge in [-0.1, -0.05) is 100 Å². The summed E-state index contributed by atoms with van der Waals surface area (Å²) in [5.41, 5.74) is 17.6. The second kappa shape index (κ2) is 9.60. The summed E-state index contributed by atoms with van der Waals surface area (Å²) in [4.78, 5) is 1.32. The van der Waals surface area contributed by atoms with Gasteiger partial charge in [0, 0.05) is 30.5 Å². The van der Waals surface area contributed by atoms with Gasteiger partial charge in [-0.3, -0.25) is 0 Å². The molecule has 228 valence electrons. The van der Waals surface area contributed by atoms with Crippen LogP contribution in [0.1, 0.15) is 71.9 Å². The van der Waals surface area contributed by atoms with E-state index in [0.717, 1.165) is 0 Å². The number of fused-ring (bicyclic) bond motifs is 12. The molecular weight excluding hydrogens is 693 g/mol. The van der Waals surface area contributed by atoms with E-state index in [1.54, 1.807) is 0 Å². The minimum absolute atomic E-state index is 0.00128. The normalized spacial score (nSPS) is 17.8. The molecule has 0 bridgehead atoms. The Kier molecular flexibility index (Phi) is 5.84. The molecule has 0 fully saturated rings. The number of halogens is 1. The molecule has 0 saturated carbocycles. The average molecular weight is 724 g/mol. The van der Waals surface area contributed by atoms with Crippen molar-refractivity contribution in [3.63, 3.8) is 0 Å². The standard InChI is InChI=1S/C43H31BrS3/c1-42(2)32-11-7-5-9-24(32)26-15-13-22(17-34(26)42)28-19-29-38(39(28)45)30-20-36(46-40(30)31-21-37(44)47-41(29)31)23-14-16-27-25-10-6-8-12-33(25)43(3,4)35(27)18-23/h5-21,39,45H,1-4H3. The van der Waals surface area contributed by atoms with Crippen molar-refractivity contribution >= 4 is 83.1 Å². The summed E-state index contributed by atoms with van der Waals surface area (Å²) < 4.78 is 3.88. The van der Waals surface area contributed by atoms with Crippen molar-refractivity contribution in [3.8, 4) is 32.7 Å². The van der Waals surface area contributed by atoms with E-state index in [1.165, 1.54) is 101 Å². The Morgan fingerprint density at radius 2 is 1.17 bits per heavy atom. The molecule has 0 nitrogen and oxygen atoms in total. The lowest BCUT2D eigenvalue weighted by atomic mass is 9.81. The van der Waals surface area contributed by atoms with Crippen molar-refractivity contribution in [1.29, 1.82) is 0 Å². The molecule has 4 heteroatoms. The first-order chi connectivity index (χ1) is 22.6. The fourth-order valence-corrected chi connectivity index (χ4v) is 12.1. The van der Waals surface area contributed by atoms with Crippen LogP contribution in [0.4, 0.5) is 0 Å². The quantitative estimate of drug-likeness (QED) is 0.169. The molecule has 3 aliphatic carbocycles. The fourth-order valence-electron chi connectivity index (χ4n) is 8.74. The summed E-state index contributed by atoms with van der Waals surface area (Å²) in [5.74, 6) is 0. The largest absolute Gasteiger partial charge is 0.166 e. The maximum Gasteiger partial charge on any atom is 0.0711 e. The number of rotatable bonds is 2. The number of thiol groups is 1. The maximum atomic E-state index is 5.41.